The van der Waals surface area contributed by atoms with Crippen molar-refractivity contribution >= 4 is 0 Å². The molecule has 1 aromatic carbocycles. The summed E-state index contributed by atoms with van der Waals surface area (Å²) in [5, 5.41) is 3.61. The van der Waals surface area contributed by atoms with Crippen molar-refractivity contribution in [3.63, 3.8) is 0 Å². The molecular formula is C17H22N2O. The van der Waals surface area contributed by atoms with Crippen LogP contribution in [0.2, 0.25) is 0 Å². The fourth-order valence-corrected chi connectivity index (χ4v) is 2.81. The molecule has 0 spiro atoms. The summed E-state index contributed by atoms with van der Waals surface area (Å²) >= 11 is 0. The van der Waals surface area contributed by atoms with Crippen molar-refractivity contribution in [2.75, 3.05) is 13.1 Å². The zero-order valence-corrected chi connectivity index (χ0v) is 12.0. The van der Waals surface area contributed by atoms with E-state index in [1.807, 2.05) is 6.07 Å². The summed E-state index contributed by atoms with van der Waals surface area (Å²) in [4.78, 5) is 2.52. The van der Waals surface area contributed by atoms with Gasteiger partial charge in [0.15, 0.2) is 0 Å². The van der Waals surface area contributed by atoms with Crippen molar-refractivity contribution in [2.45, 2.75) is 32.5 Å². The maximum absolute atomic E-state index is 5.47. The Morgan fingerprint density at radius 1 is 1.25 bits per heavy atom. The average Bonchev–Trinajstić information content (AvgIpc) is 3.07. The van der Waals surface area contributed by atoms with Crippen molar-refractivity contribution in [2.24, 2.45) is 0 Å². The standard InChI is InChI=1S/C17H22N2O/c1-14-8-10-20-17(14)11-18-16-7-9-19(13-16)12-15-5-3-2-4-6-15/h2-6,8,10,16,18H,7,9,11-13H2,1H3. The van der Waals surface area contributed by atoms with Crippen LogP contribution in [0.4, 0.5) is 0 Å². The number of hydrogen-bond acceptors (Lipinski definition) is 3. The minimum Gasteiger partial charge on any atom is -0.468 e. The van der Waals surface area contributed by atoms with Crippen molar-refractivity contribution in [3.8, 4) is 0 Å². The Kier molecular flexibility index (Phi) is 4.19. The normalized spacial score (nSPS) is 19.6. The first kappa shape index (κ1) is 13.4. The van der Waals surface area contributed by atoms with E-state index in [0.717, 1.165) is 25.4 Å². The van der Waals surface area contributed by atoms with Crippen LogP contribution >= 0.6 is 0 Å². The van der Waals surface area contributed by atoms with E-state index in [0.29, 0.717) is 6.04 Å². The molecule has 1 unspecified atom stereocenters. The SMILES string of the molecule is Cc1ccoc1CNC1CCN(Cc2ccccc2)C1. The molecule has 1 aliphatic heterocycles. The molecule has 3 rings (SSSR count). The van der Waals surface area contributed by atoms with Crippen LogP contribution in [0.15, 0.2) is 47.1 Å². The number of hydrogen-bond donors (Lipinski definition) is 1. The molecule has 0 saturated carbocycles. The molecule has 0 aliphatic carbocycles. The Labute approximate surface area is 120 Å². The molecule has 3 nitrogen and oxygen atoms in total. The molecule has 1 aromatic heterocycles. The minimum atomic E-state index is 0.572. The predicted molar refractivity (Wildman–Crippen MR) is 80.4 cm³/mol. The smallest absolute Gasteiger partial charge is 0.120 e. The highest BCUT2D eigenvalue weighted by molar-refractivity contribution is 5.15. The maximum Gasteiger partial charge on any atom is 0.120 e. The molecular weight excluding hydrogens is 248 g/mol. The van der Waals surface area contributed by atoms with Gasteiger partial charge >= 0.3 is 0 Å². The van der Waals surface area contributed by atoms with E-state index in [2.05, 4.69) is 47.5 Å². The van der Waals surface area contributed by atoms with E-state index in [1.54, 1.807) is 6.26 Å². The van der Waals surface area contributed by atoms with Gasteiger partial charge in [0, 0.05) is 25.7 Å². The number of furan rings is 1. The van der Waals surface area contributed by atoms with Gasteiger partial charge < -0.3 is 9.73 Å². The lowest BCUT2D eigenvalue weighted by Gasteiger charge is -2.16. The molecule has 0 radical (unpaired) electrons. The van der Waals surface area contributed by atoms with Crippen LogP contribution in [0.3, 0.4) is 0 Å². The maximum atomic E-state index is 5.47. The zero-order valence-electron chi connectivity index (χ0n) is 12.0. The first-order valence-corrected chi connectivity index (χ1v) is 7.34. The first-order valence-electron chi connectivity index (χ1n) is 7.34. The highest BCUT2D eigenvalue weighted by atomic mass is 16.3. The van der Waals surface area contributed by atoms with E-state index in [-0.39, 0.29) is 0 Å². The van der Waals surface area contributed by atoms with Crippen molar-refractivity contribution in [3.05, 3.63) is 59.5 Å². The molecule has 3 heteroatoms. The van der Waals surface area contributed by atoms with E-state index in [1.165, 1.54) is 24.1 Å². The Bertz CT molecular complexity index is 535. The largest absolute Gasteiger partial charge is 0.468 e. The summed E-state index contributed by atoms with van der Waals surface area (Å²) in [6, 6.07) is 13.3. The van der Waals surface area contributed by atoms with Crippen LogP contribution in [0, 0.1) is 6.92 Å². The average molecular weight is 270 g/mol. The third-order valence-electron chi connectivity index (χ3n) is 4.04. The Morgan fingerprint density at radius 2 is 2.10 bits per heavy atom. The summed E-state index contributed by atoms with van der Waals surface area (Å²) in [5.41, 5.74) is 2.63. The number of aryl methyl sites for hydroxylation is 1. The molecule has 2 aromatic rings. The number of benzene rings is 1. The second kappa shape index (κ2) is 6.25. The quantitative estimate of drug-likeness (QED) is 0.905. The van der Waals surface area contributed by atoms with Crippen LogP contribution in [0.1, 0.15) is 23.3 Å². The lowest BCUT2D eigenvalue weighted by molar-refractivity contribution is 0.318. The number of nitrogens with one attached hydrogen (secondary N) is 1. The summed E-state index contributed by atoms with van der Waals surface area (Å²) in [6.45, 7) is 6.27. The molecule has 2 heterocycles. The van der Waals surface area contributed by atoms with Gasteiger partial charge in [0.25, 0.3) is 0 Å². The molecule has 1 saturated heterocycles. The molecule has 1 aliphatic rings. The Hall–Kier alpha value is -1.58. The second-order valence-electron chi connectivity index (χ2n) is 5.61. The summed E-state index contributed by atoms with van der Waals surface area (Å²) in [5.74, 6) is 1.06. The van der Waals surface area contributed by atoms with Crippen molar-refractivity contribution in [1.29, 1.82) is 0 Å². The molecule has 0 bridgehead atoms. The topological polar surface area (TPSA) is 28.4 Å². The third kappa shape index (κ3) is 3.30. The lowest BCUT2D eigenvalue weighted by atomic mass is 10.2. The summed E-state index contributed by atoms with van der Waals surface area (Å²) in [7, 11) is 0. The monoisotopic (exact) mass is 270 g/mol. The molecule has 1 N–H and O–H groups in total. The Morgan fingerprint density at radius 3 is 2.85 bits per heavy atom. The fourth-order valence-electron chi connectivity index (χ4n) is 2.81. The van der Waals surface area contributed by atoms with E-state index in [4.69, 9.17) is 4.42 Å². The summed E-state index contributed by atoms with van der Waals surface area (Å²) in [6.07, 6.45) is 2.98. The van der Waals surface area contributed by atoms with Gasteiger partial charge in [0.05, 0.1) is 12.8 Å². The van der Waals surface area contributed by atoms with E-state index in [9.17, 15) is 0 Å². The van der Waals surface area contributed by atoms with Crippen LogP contribution in [0.5, 0.6) is 0 Å². The molecule has 0 amide bonds. The van der Waals surface area contributed by atoms with Crippen LogP contribution in [-0.2, 0) is 13.1 Å². The van der Waals surface area contributed by atoms with Gasteiger partial charge in [-0.2, -0.15) is 0 Å². The van der Waals surface area contributed by atoms with Gasteiger partial charge in [-0.3, -0.25) is 4.90 Å². The van der Waals surface area contributed by atoms with Gasteiger partial charge in [-0.15, -0.1) is 0 Å². The zero-order chi connectivity index (χ0) is 13.8. The van der Waals surface area contributed by atoms with E-state index < -0.39 is 0 Å². The third-order valence-corrected chi connectivity index (χ3v) is 4.04. The molecule has 106 valence electrons. The number of likely N-dealkylation sites (tertiary alicyclic amines) is 1. The minimum absolute atomic E-state index is 0.572. The second-order valence-corrected chi connectivity index (χ2v) is 5.61. The van der Waals surface area contributed by atoms with Crippen LogP contribution in [-0.4, -0.2) is 24.0 Å². The van der Waals surface area contributed by atoms with Crippen molar-refractivity contribution in [1.82, 2.24) is 10.2 Å². The molecule has 20 heavy (non-hydrogen) atoms. The van der Waals surface area contributed by atoms with Crippen LogP contribution in [0.25, 0.3) is 0 Å². The van der Waals surface area contributed by atoms with Gasteiger partial charge in [0.1, 0.15) is 5.76 Å². The number of nitrogens with zero attached hydrogens (tertiary/aromatic N) is 1. The summed E-state index contributed by atoms with van der Waals surface area (Å²) < 4.78 is 5.47. The fraction of sp³-hybridized carbons (Fsp3) is 0.412. The first-order chi connectivity index (χ1) is 9.81. The molecule has 1 atom stereocenters. The van der Waals surface area contributed by atoms with Gasteiger partial charge in [-0.05, 0) is 30.5 Å². The lowest BCUT2D eigenvalue weighted by Crippen LogP contribution is -2.32. The van der Waals surface area contributed by atoms with Crippen LogP contribution < -0.4 is 5.32 Å². The molecule has 1 fully saturated rings. The van der Waals surface area contributed by atoms with Gasteiger partial charge in [0.2, 0.25) is 0 Å². The Balaban J connectivity index is 1.46. The van der Waals surface area contributed by atoms with E-state index >= 15 is 0 Å². The van der Waals surface area contributed by atoms with Gasteiger partial charge in [-0.25, -0.2) is 0 Å². The van der Waals surface area contributed by atoms with Gasteiger partial charge in [-0.1, -0.05) is 30.3 Å². The van der Waals surface area contributed by atoms with Crippen molar-refractivity contribution < 1.29 is 4.42 Å². The number of rotatable bonds is 5. The predicted octanol–water partition coefficient (Wildman–Crippen LogP) is 2.95. The highest BCUT2D eigenvalue weighted by Gasteiger charge is 2.22. The highest BCUT2D eigenvalue weighted by Crippen LogP contribution is 2.15.